The molecule has 2 aromatic carbocycles. The second kappa shape index (κ2) is 9.25. The summed E-state index contributed by atoms with van der Waals surface area (Å²) in [4.78, 5) is 21.9. The zero-order chi connectivity index (χ0) is 22.8. The summed E-state index contributed by atoms with van der Waals surface area (Å²) < 4.78 is 8.18. The molecule has 0 aliphatic carbocycles. The van der Waals surface area contributed by atoms with Crippen LogP contribution in [-0.2, 0) is 17.7 Å². The molecule has 0 aliphatic rings. The molecule has 0 bridgehead atoms. The lowest BCUT2D eigenvalue weighted by atomic mass is 9.98. The minimum Gasteiger partial charge on any atom is -0.465 e. The smallest absolute Gasteiger partial charge is 0.338 e. The van der Waals surface area contributed by atoms with Crippen LogP contribution in [0.4, 0.5) is 0 Å². The monoisotopic (exact) mass is 491 g/mol. The summed E-state index contributed by atoms with van der Waals surface area (Å²) >= 11 is 3.65. The van der Waals surface area contributed by atoms with Crippen molar-refractivity contribution in [2.24, 2.45) is 0 Å². The molecule has 0 radical (unpaired) electrons. The van der Waals surface area contributed by atoms with Gasteiger partial charge in [0.1, 0.15) is 11.3 Å². The Morgan fingerprint density at radius 2 is 1.78 bits per heavy atom. The van der Waals surface area contributed by atoms with Crippen LogP contribution < -0.4 is 0 Å². The highest BCUT2D eigenvalue weighted by Crippen LogP contribution is 2.29. The number of benzene rings is 2. The Bertz CT molecular complexity index is 1290. The Balaban J connectivity index is 1.72. The van der Waals surface area contributed by atoms with Crippen molar-refractivity contribution in [3.05, 3.63) is 81.2 Å². The van der Waals surface area contributed by atoms with Gasteiger partial charge in [-0.15, -0.1) is 0 Å². The molecule has 32 heavy (non-hydrogen) atoms. The standard InChI is InChI=1S/C26H26BrN3O2/c1-5-8-22-29-24-16(2)23(27)17(3)28-25(24)30(22)15-18-11-13-19(14-12-18)20-9-6-7-10-21(20)26(31)32-4/h6-7,9-14H,5,8,15H2,1-4H3. The lowest BCUT2D eigenvalue weighted by molar-refractivity contribution is 0.0601. The number of halogens is 1. The van der Waals surface area contributed by atoms with Gasteiger partial charge < -0.3 is 9.30 Å². The van der Waals surface area contributed by atoms with Gasteiger partial charge in [0, 0.05) is 10.9 Å². The van der Waals surface area contributed by atoms with E-state index in [-0.39, 0.29) is 5.97 Å². The number of esters is 1. The molecule has 0 aliphatic heterocycles. The van der Waals surface area contributed by atoms with Crippen molar-refractivity contribution in [3.63, 3.8) is 0 Å². The van der Waals surface area contributed by atoms with Crippen molar-refractivity contribution in [1.82, 2.24) is 14.5 Å². The lowest BCUT2D eigenvalue weighted by Gasteiger charge is -2.11. The van der Waals surface area contributed by atoms with Gasteiger partial charge in [-0.2, -0.15) is 0 Å². The first-order valence-electron chi connectivity index (χ1n) is 10.7. The minimum absolute atomic E-state index is 0.332. The van der Waals surface area contributed by atoms with E-state index in [9.17, 15) is 4.79 Å². The number of rotatable bonds is 6. The number of methoxy groups -OCH3 is 1. The predicted molar refractivity (Wildman–Crippen MR) is 131 cm³/mol. The van der Waals surface area contributed by atoms with E-state index in [4.69, 9.17) is 14.7 Å². The fourth-order valence-corrected chi connectivity index (χ4v) is 4.29. The lowest BCUT2D eigenvalue weighted by Crippen LogP contribution is -2.07. The van der Waals surface area contributed by atoms with E-state index in [0.717, 1.165) is 62.3 Å². The second-order valence-corrected chi connectivity index (χ2v) is 8.70. The number of carbonyl (C=O) groups excluding carboxylic acids is 1. The number of hydrogen-bond donors (Lipinski definition) is 0. The van der Waals surface area contributed by atoms with Crippen LogP contribution in [0.2, 0.25) is 0 Å². The Labute approximate surface area is 196 Å². The molecule has 0 saturated heterocycles. The van der Waals surface area contributed by atoms with Crippen LogP contribution in [-0.4, -0.2) is 27.6 Å². The van der Waals surface area contributed by atoms with E-state index < -0.39 is 0 Å². The first-order chi connectivity index (χ1) is 15.4. The molecule has 2 heterocycles. The van der Waals surface area contributed by atoms with Gasteiger partial charge in [0.05, 0.1) is 24.9 Å². The number of hydrogen-bond acceptors (Lipinski definition) is 4. The number of pyridine rings is 1. The molecule has 0 N–H and O–H groups in total. The molecule has 6 heteroatoms. The van der Waals surface area contributed by atoms with Gasteiger partial charge >= 0.3 is 5.97 Å². The summed E-state index contributed by atoms with van der Waals surface area (Å²) in [5.74, 6) is 0.720. The average molecular weight is 492 g/mol. The molecule has 5 nitrogen and oxygen atoms in total. The molecular weight excluding hydrogens is 466 g/mol. The molecule has 164 valence electrons. The summed E-state index contributed by atoms with van der Waals surface area (Å²) in [6.07, 6.45) is 1.92. The van der Waals surface area contributed by atoms with Crippen molar-refractivity contribution in [2.45, 2.75) is 40.2 Å². The fourth-order valence-electron chi connectivity index (χ4n) is 4.01. The van der Waals surface area contributed by atoms with E-state index in [1.165, 1.54) is 7.11 Å². The Morgan fingerprint density at radius 1 is 1.06 bits per heavy atom. The van der Waals surface area contributed by atoms with Gasteiger partial charge in [-0.05, 0) is 64.5 Å². The third-order valence-corrected chi connectivity index (χ3v) is 6.88. The Kier molecular flexibility index (Phi) is 6.42. The van der Waals surface area contributed by atoms with E-state index >= 15 is 0 Å². The number of aryl methyl sites for hydroxylation is 3. The zero-order valence-corrected chi connectivity index (χ0v) is 20.4. The average Bonchev–Trinajstić information content (AvgIpc) is 3.14. The van der Waals surface area contributed by atoms with Gasteiger partial charge in [0.15, 0.2) is 5.65 Å². The van der Waals surface area contributed by atoms with Crippen molar-refractivity contribution in [3.8, 4) is 11.1 Å². The predicted octanol–water partition coefficient (Wildman–Crippen LogP) is 6.27. The molecule has 0 saturated carbocycles. The van der Waals surface area contributed by atoms with Crippen LogP contribution in [0.5, 0.6) is 0 Å². The van der Waals surface area contributed by atoms with Crippen LogP contribution in [0.25, 0.3) is 22.3 Å². The van der Waals surface area contributed by atoms with Gasteiger partial charge in [0.25, 0.3) is 0 Å². The molecule has 0 unspecified atom stereocenters. The number of aromatic nitrogens is 3. The summed E-state index contributed by atoms with van der Waals surface area (Å²) in [7, 11) is 1.40. The van der Waals surface area contributed by atoms with Crippen LogP contribution >= 0.6 is 15.9 Å². The first-order valence-corrected chi connectivity index (χ1v) is 11.5. The SMILES string of the molecule is CCCc1nc2c(C)c(Br)c(C)nc2n1Cc1ccc(-c2ccccc2C(=O)OC)cc1. The quantitative estimate of drug-likeness (QED) is 0.298. The van der Waals surface area contributed by atoms with Gasteiger partial charge in [-0.25, -0.2) is 14.8 Å². The number of nitrogens with zero attached hydrogens (tertiary/aromatic N) is 3. The van der Waals surface area contributed by atoms with E-state index in [2.05, 4.69) is 58.6 Å². The number of carbonyl (C=O) groups is 1. The number of fused-ring (bicyclic) bond motifs is 1. The minimum atomic E-state index is -0.332. The summed E-state index contributed by atoms with van der Waals surface area (Å²) in [5.41, 5.74) is 7.53. The largest absolute Gasteiger partial charge is 0.465 e. The number of imidazole rings is 1. The maximum Gasteiger partial charge on any atom is 0.338 e. The topological polar surface area (TPSA) is 57.0 Å². The van der Waals surface area contributed by atoms with Gasteiger partial charge in [-0.3, -0.25) is 0 Å². The van der Waals surface area contributed by atoms with E-state index in [1.807, 2.05) is 25.1 Å². The number of ether oxygens (including phenoxy) is 1. The molecular formula is C26H26BrN3O2. The normalized spacial score (nSPS) is 11.2. The van der Waals surface area contributed by atoms with Crippen molar-refractivity contribution in [2.75, 3.05) is 7.11 Å². The van der Waals surface area contributed by atoms with Crippen LogP contribution in [0.3, 0.4) is 0 Å². The third-order valence-electron chi connectivity index (χ3n) is 5.71. The van der Waals surface area contributed by atoms with Gasteiger partial charge in [0.2, 0.25) is 0 Å². The summed E-state index contributed by atoms with van der Waals surface area (Å²) in [6.45, 7) is 6.96. The molecule has 0 fully saturated rings. The maximum absolute atomic E-state index is 12.1. The van der Waals surface area contributed by atoms with Crippen molar-refractivity contribution in [1.29, 1.82) is 0 Å². The third kappa shape index (κ3) is 4.07. The molecule has 0 atom stereocenters. The van der Waals surface area contributed by atoms with Crippen molar-refractivity contribution >= 4 is 33.1 Å². The van der Waals surface area contributed by atoms with Crippen LogP contribution in [0, 0.1) is 13.8 Å². The summed E-state index contributed by atoms with van der Waals surface area (Å²) in [6, 6.07) is 15.8. The summed E-state index contributed by atoms with van der Waals surface area (Å²) in [5, 5.41) is 0. The van der Waals surface area contributed by atoms with Gasteiger partial charge in [-0.1, -0.05) is 49.4 Å². The second-order valence-electron chi connectivity index (χ2n) is 7.91. The van der Waals surface area contributed by atoms with Crippen molar-refractivity contribution < 1.29 is 9.53 Å². The highest BCUT2D eigenvalue weighted by Gasteiger charge is 2.17. The molecule has 4 aromatic rings. The Hall–Kier alpha value is -2.99. The zero-order valence-electron chi connectivity index (χ0n) is 18.8. The van der Waals surface area contributed by atoms with E-state index in [0.29, 0.717) is 12.1 Å². The molecule has 2 aromatic heterocycles. The maximum atomic E-state index is 12.1. The Morgan fingerprint density at radius 3 is 2.47 bits per heavy atom. The molecule has 0 amide bonds. The highest BCUT2D eigenvalue weighted by molar-refractivity contribution is 9.10. The van der Waals surface area contributed by atoms with Crippen LogP contribution in [0.1, 0.15) is 46.3 Å². The fraction of sp³-hybridized carbons (Fsp3) is 0.269. The molecule has 4 rings (SSSR count). The highest BCUT2D eigenvalue weighted by atomic mass is 79.9. The first kappa shape index (κ1) is 22.2. The van der Waals surface area contributed by atoms with Crippen LogP contribution in [0.15, 0.2) is 53.0 Å². The molecule has 0 spiro atoms. The van der Waals surface area contributed by atoms with E-state index in [1.54, 1.807) is 6.07 Å².